The average molecular weight is 644 g/mol. The van der Waals surface area contributed by atoms with Gasteiger partial charge in [-0.2, -0.15) is 0 Å². The van der Waals surface area contributed by atoms with Gasteiger partial charge in [0.1, 0.15) is 11.2 Å². The van der Waals surface area contributed by atoms with Crippen LogP contribution in [0.15, 0.2) is 156 Å². The quantitative estimate of drug-likeness (QED) is 0.190. The monoisotopic (exact) mass is 643 g/mol. The predicted octanol–water partition coefficient (Wildman–Crippen LogP) is 13.3. The Kier molecular flexibility index (Phi) is 6.01. The highest BCUT2D eigenvalue weighted by Gasteiger charge is 2.37. The lowest BCUT2D eigenvalue weighted by molar-refractivity contribution is 0.660. The van der Waals surface area contributed by atoms with E-state index in [2.05, 4.69) is 178 Å². The molecule has 0 saturated carbocycles. The minimum atomic E-state index is -0.104. The average Bonchev–Trinajstić information content (AvgIpc) is 3.72. The van der Waals surface area contributed by atoms with E-state index in [0.717, 1.165) is 50.1 Å². The van der Waals surface area contributed by atoms with Gasteiger partial charge in [0.05, 0.1) is 0 Å². The van der Waals surface area contributed by atoms with Crippen LogP contribution in [0.4, 0.5) is 17.1 Å². The van der Waals surface area contributed by atoms with Gasteiger partial charge in [-0.05, 0) is 92.5 Å². The first-order valence-electron chi connectivity index (χ1n) is 17.6. The van der Waals surface area contributed by atoms with Gasteiger partial charge in [0.2, 0.25) is 0 Å². The lowest BCUT2D eigenvalue weighted by atomic mass is 9.82. The minimum absolute atomic E-state index is 0.0517. The molecule has 2 heteroatoms. The molecule has 0 atom stereocenters. The molecule has 50 heavy (non-hydrogen) atoms. The summed E-state index contributed by atoms with van der Waals surface area (Å²) in [7, 11) is 0. The van der Waals surface area contributed by atoms with Crippen LogP contribution in [-0.2, 0) is 10.8 Å². The smallest absolute Gasteiger partial charge is 0.143 e. The molecule has 0 amide bonds. The van der Waals surface area contributed by atoms with Crippen LogP contribution in [0.5, 0.6) is 0 Å². The first-order valence-corrected chi connectivity index (χ1v) is 17.6. The molecule has 0 bridgehead atoms. The maximum absolute atomic E-state index is 6.50. The second-order valence-corrected chi connectivity index (χ2v) is 15.0. The van der Waals surface area contributed by atoms with Crippen molar-refractivity contribution in [2.24, 2.45) is 0 Å². The summed E-state index contributed by atoms with van der Waals surface area (Å²) < 4.78 is 6.50. The molecule has 1 heterocycles. The van der Waals surface area contributed by atoms with Gasteiger partial charge in [0.15, 0.2) is 0 Å². The highest BCUT2D eigenvalue weighted by molar-refractivity contribution is 6.09. The van der Waals surface area contributed by atoms with Crippen molar-refractivity contribution in [1.82, 2.24) is 0 Å². The first kappa shape index (κ1) is 29.1. The van der Waals surface area contributed by atoms with Crippen LogP contribution < -0.4 is 4.90 Å². The molecule has 2 aliphatic rings. The highest BCUT2D eigenvalue weighted by Crippen LogP contribution is 2.53. The van der Waals surface area contributed by atoms with Crippen molar-refractivity contribution in [2.45, 2.75) is 38.5 Å². The summed E-state index contributed by atoms with van der Waals surface area (Å²) >= 11 is 0. The van der Waals surface area contributed by atoms with Crippen molar-refractivity contribution in [3.63, 3.8) is 0 Å². The van der Waals surface area contributed by atoms with Crippen molar-refractivity contribution in [2.75, 3.05) is 4.90 Å². The van der Waals surface area contributed by atoms with Crippen molar-refractivity contribution >= 4 is 39.0 Å². The third-order valence-corrected chi connectivity index (χ3v) is 11.5. The molecule has 0 aliphatic heterocycles. The van der Waals surface area contributed by atoms with Gasteiger partial charge < -0.3 is 9.32 Å². The summed E-state index contributed by atoms with van der Waals surface area (Å²) in [6.07, 6.45) is 0. The lowest BCUT2D eigenvalue weighted by Gasteiger charge is -2.29. The third kappa shape index (κ3) is 4.02. The third-order valence-electron chi connectivity index (χ3n) is 11.5. The van der Waals surface area contributed by atoms with Gasteiger partial charge in [-0.1, -0.05) is 137 Å². The van der Waals surface area contributed by atoms with Crippen LogP contribution in [0.3, 0.4) is 0 Å². The fraction of sp³-hybridized carbons (Fsp3) is 0.125. The Morgan fingerprint density at radius 1 is 0.400 bits per heavy atom. The molecule has 0 unspecified atom stereocenters. The second kappa shape index (κ2) is 10.3. The maximum Gasteiger partial charge on any atom is 0.143 e. The van der Waals surface area contributed by atoms with Crippen molar-refractivity contribution in [3.05, 3.63) is 174 Å². The Labute approximate surface area is 293 Å². The molecule has 240 valence electrons. The number of furan rings is 1. The van der Waals surface area contributed by atoms with E-state index >= 15 is 0 Å². The lowest BCUT2D eigenvalue weighted by Crippen LogP contribution is -2.17. The molecule has 0 fully saturated rings. The summed E-state index contributed by atoms with van der Waals surface area (Å²) in [5, 5.41) is 2.28. The molecule has 7 aromatic carbocycles. The van der Waals surface area contributed by atoms with Gasteiger partial charge >= 0.3 is 0 Å². The maximum atomic E-state index is 6.50. The van der Waals surface area contributed by atoms with Gasteiger partial charge in [0, 0.05) is 44.2 Å². The van der Waals surface area contributed by atoms with Crippen LogP contribution in [0.1, 0.15) is 49.9 Å². The Morgan fingerprint density at radius 3 is 1.78 bits per heavy atom. The molecule has 1 aromatic heterocycles. The minimum Gasteiger partial charge on any atom is -0.455 e. The molecular formula is C48H37NO. The SMILES string of the molecule is CC1(C)c2ccccc2-c2cc(N(c3cccc(-c4cccc5c4oc4ccccc45)c3)c3ccc4c(c3)C(C)(C)c3ccccc3-4)ccc21. The van der Waals surface area contributed by atoms with Crippen LogP contribution in [0, 0.1) is 0 Å². The Morgan fingerprint density at radius 2 is 0.960 bits per heavy atom. The standard InChI is InChI=1S/C48H37NO/c1-47(2)42-21-9-6-16-36(42)40-28-32(24-26-43(40)47)49(33-23-25-37-35-15-5-8-20-41(35)48(3,4)44(37)29-33)31-14-11-13-30(27-31)34-18-12-19-39-38-17-7-10-22-45(38)50-46(34)39/h5-29H,1-4H3. The van der Waals surface area contributed by atoms with Crippen LogP contribution in [-0.4, -0.2) is 0 Å². The number of nitrogens with zero attached hydrogens (tertiary/aromatic N) is 1. The van der Waals surface area contributed by atoms with E-state index in [1.165, 1.54) is 44.5 Å². The van der Waals surface area contributed by atoms with Crippen molar-refractivity contribution in [1.29, 1.82) is 0 Å². The van der Waals surface area contributed by atoms with E-state index in [9.17, 15) is 0 Å². The van der Waals surface area contributed by atoms with Gasteiger partial charge in [-0.3, -0.25) is 0 Å². The van der Waals surface area contributed by atoms with E-state index in [1.807, 2.05) is 6.07 Å². The van der Waals surface area contributed by atoms with E-state index in [-0.39, 0.29) is 10.8 Å². The normalized spacial score (nSPS) is 14.7. The van der Waals surface area contributed by atoms with E-state index in [0.29, 0.717) is 0 Å². The van der Waals surface area contributed by atoms with E-state index in [1.54, 1.807) is 0 Å². The van der Waals surface area contributed by atoms with E-state index < -0.39 is 0 Å². The molecule has 0 saturated heterocycles. The summed E-state index contributed by atoms with van der Waals surface area (Å²) in [6, 6.07) is 55.6. The summed E-state index contributed by atoms with van der Waals surface area (Å²) in [6.45, 7) is 9.40. The molecule has 2 aliphatic carbocycles. The molecular weight excluding hydrogens is 607 g/mol. The zero-order valence-corrected chi connectivity index (χ0v) is 28.8. The second-order valence-electron chi connectivity index (χ2n) is 15.0. The zero-order chi connectivity index (χ0) is 33.8. The topological polar surface area (TPSA) is 16.4 Å². The van der Waals surface area contributed by atoms with Crippen molar-refractivity contribution in [3.8, 4) is 33.4 Å². The Balaban J connectivity index is 1.18. The first-order chi connectivity index (χ1) is 24.3. The van der Waals surface area contributed by atoms with Crippen LogP contribution in [0.2, 0.25) is 0 Å². The summed E-state index contributed by atoms with van der Waals surface area (Å²) in [4.78, 5) is 2.44. The summed E-state index contributed by atoms with van der Waals surface area (Å²) in [5.41, 5.74) is 18.1. The largest absolute Gasteiger partial charge is 0.455 e. The fourth-order valence-electron chi connectivity index (χ4n) is 8.91. The van der Waals surface area contributed by atoms with Crippen molar-refractivity contribution < 1.29 is 4.42 Å². The number of rotatable bonds is 4. The molecule has 10 rings (SSSR count). The number of fused-ring (bicyclic) bond motifs is 9. The fourth-order valence-corrected chi connectivity index (χ4v) is 8.91. The van der Waals surface area contributed by atoms with Crippen LogP contribution in [0.25, 0.3) is 55.3 Å². The predicted molar refractivity (Wildman–Crippen MR) is 209 cm³/mol. The summed E-state index contributed by atoms with van der Waals surface area (Å²) in [5.74, 6) is 0. The number of para-hydroxylation sites is 2. The van der Waals surface area contributed by atoms with E-state index in [4.69, 9.17) is 4.42 Å². The molecule has 8 aromatic rings. The van der Waals surface area contributed by atoms with Gasteiger partial charge in [0.25, 0.3) is 0 Å². The molecule has 0 N–H and O–H groups in total. The Hall–Kier alpha value is -5.86. The van der Waals surface area contributed by atoms with Gasteiger partial charge in [-0.25, -0.2) is 0 Å². The highest BCUT2D eigenvalue weighted by atomic mass is 16.3. The number of hydrogen-bond donors (Lipinski definition) is 0. The molecule has 0 spiro atoms. The Bertz CT molecular complexity index is 2670. The van der Waals surface area contributed by atoms with Gasteiger partial charge in [-0.15, -0.1) is 0 Å². The molecule has 0 radical (unpaired) electrons. The number of benzene rings is 7. The number of hydrogen-bond acceptors (Lipinski definition) is 2. The molecule has 2 nitrogen and oxygen atoms in total. The number of anilines is 3. The zero-order valence-electron chi connectivity index (χ0n) is 28.8. The van der Waals surface area contributed by atoms with Crippen LogP contribution >= 0.6 is 0 Å².